The summed E-state index contributed by atoms with van der Waals surface area (Å²) in [6, 6.07) is 10.8. The van der Waals surface area contributed by atoms with Crippen LogP contribution in [0.5, 0.6) is 0 Å². The lowest BCUT2D eigenvalue weighted by molar-refractivity contribution is -0.139. The predicted octanol–water partition coefficient (Wildman–Crippen LogP) is 4.38. The average molecular weight is 265 g/mol. The highest BCUT2D eigenvalue weighted by Crippen LogP contribution is 2.34. The summed E-state index contributed by atoms with van der Waals surface area (Å²) in [4.78, 5) is 0. The third-order valence-corrected chi connectivity index (χ3v) is 2.60. The maximum absolute atomic E-state index is 13.2. The molecular formula is C14H7F4N. The maximum atomic E-state index is 13.2. The summed E-state index contributed by atoms with van der Waals surface area (Å²) in [5, 5.41) is 8.75. The highest BCUT2D eigenvalue weighted by atomic mass is 19.4. The number of halogens is 4. The van der Waals surface area contributed by atoms with E-state index in [0.717, 1.165) is 12.1 Å². The highest BCUT2D eigenvalue weighted by molar-refractivity contribution is 5.66. The van der Waals surface area contributed by atoms with Crippen molar-refractivity contribution in [1.82, 2.24) is 0 Å². The maximum Gasteiger partial charge on any atom is 0.419 e. The average Bonchev–Trinajstić information content (AvgIpc) is 2.38. The minimum atomic E-state index is -4.74. The molecule has 0 saturated heterocycles. The van der Waals surface area contributed by atoms with E-state index in [-0.39, 0.29) is 5.56 Å². The molecule has 2 rings (SSSR count). The van der Waals surface area contributed by atoms with Crippen molar-refractivity contribution in [3.63, 3.8) is 0 Å². The molecule has 0 N–H and O–H groups in total. The highest BCUT2D eigenvalue weighted by Gasteiger charge is 2.34. The van der Waals surface area contributed by atoms with Gasteiger partial charge in [-0.2, -0.15) is 18.4 Å². The van der Waals surface area contributed by atoms with Crippen LogP contribution in [0.3, 0.4) is 0 Å². The van der Waals surface area contributed by atoms with E-state index in [1.165, 1.54) is 18.2 Å². The van der Waals surface area contributed by atoms with Gasteiger partial charge >= 0.3 is 6.18 Å². The first-order valence-corrected chi connectivity index (χ1v) is 5.29. The molecule has 0 amide bonds. The summed E-state index contributed by atoms with van der Waals surface area (Å²) in [5.74, 6) is -1.31. The van der Waals surface area contributed by atoms with Gasteiger partial charge < -0.3 is 0 Å². The van der Waals surface area contributed by atoms with Crippen molar-refractivity contribution < 1.29 is 17.6 Å². The first kappa shape index (κ1) is 13.1. The van der Waals surface area contributed by atoms with Gasteiger partial charge in [0.2, 0.25) is 0 Å². The molecule has 5 heteroatoms. The van der Waals surface area contributed by atoms with Gasteiger partial charge in [-0.1, -0.05) is 18.2 Å². The standard InChI is InChI=1S/C14H7F4N/c15-13-5-4-11(7-12(13)14(16,17)18)10-3-1-2-9(6-10)8-19/h1-7H. The van der Waals surface area contributed by atoms with E-state index in [4.69, 9.17) is 5.26 Å². The van der Waals surface area contributed by atoms with E-state index in [1.54, 1.807) is 12.1 Å². The SMILES string of the molecule is N#Cc1cccc(-c2ccc(F)c(C(F)(F)F)c2)c1. The summed E-state index contributed by atoms with van der Waals surface area (Å²) in [7, 11) is 0. The number of nitrogens with zero attached hydrogens (tertiary/aromatic N) is 1. The van der Waals surface area contributed by atoms with E-state index in [1.807, 2.05) is 6.07 Å². The molecule has 0 unspecified atom stereocenters. The van der Waals surface area contributed by atoms with Crippen LogP contribution in [0.15, 0.2) is 42.5 Å². The molecule has 0 spiro atoms. The van der Waals surface area contributed by atoms with E-state index >= 15 is 0 Å². The van der Waals surface area contributed by atoms with Gasteiger partial charge in [0.25, 0.3) is 0 Å². The third kappa shape index (κ3) is 2.74. The summed E-state index contributed by atoms with van der Waals surface area (Å²) in [5.41, 5.74) is -0.335. The van der Waals surface area contributed by atoms with Crippen molar-refractivity contribution in [2.45, 2.75) is 6.18 Å². The Hall–Kier alpha value is -2.35. The smallest absolute Gasteiger partial charge is 0.206 e. The molecule has 2 aromatic carbocycles. The Balaban J connectivity index is 2.55. The van der Waals surface area contributed by atoms with Gasteiger partial charge in [0.05, 0.1) is 17.2 Å². The Morgan fingerprint density at radius 3 is 2.26 bits per heavy atom. The second-order valence-corrected chi connectivity index (χ2v) is 3.88. The lowest BCUT2D eigenvalue weighted by Gasteiger charge is -2.10. The molecule has 0 fully saturated rings. The van der Waals surface area contributed by atoms with Crippen LogP contribution in [0, 0.1) is 17.1 Å². The van der Waals surface area contributed by atoms with Gasteiger partial charge in [0.15, 0.2) is 0 Å². The van der Waals surface area contributed by atoms with Crippen LogP contribution < -0.4 is 0 Å². The largest absolute Gasteiger partial charge is 0.419 e. The van der Waals surface area contributed by atoms with E-state index in [0.29, 0.717) is 11.1 Å². The van der Waals surface area contributed by atoms with Crippen LogP contribution in [0.1, 0.15) is 11.1 Å². The summed E-state index contributed by atoms with van der Waals surface area (Å²) < 4.78 is 50.9. The Kier molecular flexibility index (Phi) is 3.26. The quantitative estimate of drug-likeness (QED) is 0.702. The van der Waals surface area contributed by atoms with Crippen molar-refractivity contribution in [2.24, 2.45) is 0 Å². The lowest BCUT2D eigenvalue weighted by atomic mass is 10.0. The lowest BCUT2D eigenvalue weighted by Crippen LogP contribution is -2.08. The van der Waals surface area contributed by atoms with Crippen LogP contribution >= 0.6 is 0 Å². The summed E-state index contributed by atoms with van der Waals surface area (Å²) >= 11 is 0. The minimum Gasteiger partial charge on any atom is -0.206 e. The van der Waals surface area contributed by atoms with Crippen LogP contribution in [0.2, 0.25) is 0 Å². The Morgan fingerprint density at radius 2 is 1.63 bits per heavy atom. The fourth-order valence-electron chi connectivity index (χ4n) is 1.69. The topological polar surface area (TPSA) is 23.8 Å². The number of hydrogen-bond acceptors (Lipinski definition) is 1. The van der Waals surface area contributed by atoms with E-state index in [2.05, 4.69) is 0 Å². The van der Waals surface area contributed by atoms with Crippen molar-refractivity contribution in [2.75, 3.05) is 0 Å². The molecule has 0 saturated carbocycles. The zero-order valence-electron chi connectivity index (χ0n) is 9.50. The zero-order chi connectivity index (χ0) is 14.0. The molecule has 0 radical (unpaired) electrons. The summed E-state index contributed by atoms with van der Waals surface area (Å²) in [6.45, 7) is 0. The summed E-state index contributed by atoms with van der Waals surface area (Å²) in [6.07, 6.45) is -4.74. The molecule has 0 atom stereocenters. The molecule has 0 aliphatic rings. The molecule has 2 aromatic rings. The van der Waals surface area contributed by atoms with Crippen LogP contribution in [0.25, 0.3) is 11.1 Å². The van der Waals surface area contributed by atoms with Crippen LogP contribution in [-0.2, 0) is 6.18 Å². The van der Waals surface area contributed by atoms with Crippen molar-refractivity contribution in [1.29, 1.82) is 5.26 Å². The fourth-order valence-corrected chi connectivity index (χ4v) is 1.69. The molecule has 0 heterocycles. The van der Waals surface area contributed by atoms with Crippen LogP contribution in [0.4, 0.5) is 17.6 Å². The molecule has 0 aliphatic carbocycles. The minimum absolute atomic E-state index is 0.214. The number of benzene rings is 2. The Bertz CT molecular complexity index is 653. The third-order valence-electron chi connectivity index (χ3n) is 2.60. The first-order chi connectivity index (χ1) is 8.91. The fraction of sp³-hybridized carbons (Fsp3) is 0.0714. The molecule has 0 bridgehead atoms. The van der Waals surface area contributed by atoms with Crippen molar-refractivity contribution in [3.05, 3.63) is 59.4 Å². The number of nitriles is 1. The number of alkyl halides is 3. The second kappa shape index (κ2) is 4.73. The molecule has 1 nitrogen and oxygen atoms in total. The molecule has 0 aliphatic heterocycles. The van der Waals surface area contributed by atoms with Gasteiger partial charge in [-0.3, -0.25) is 0 Å². The molecule has 96 valence electrons. The molecule has 0 aromatic heterocycles. The number of rotatable bonds is 1. The Labute approximate surface area is 106 Å². The zero-order valence-corrected chi connectivity index (χ0v) is 9.50. The second-order valence-electron chi connectivity index (χ2n) is 3.88. The monoisotopic (exact) mass is 265 g/mol. The van der Waals surface area contributed by atoms with Gasteiger partial charge in [-0.25, -0.2) is 4.39 Å². The van der Waals surface area contributed by atoms with Crippen molar-refractivity contribution >= 4 is 0 Å². The van der Waals surface area contributed by atoms with Gasteiger partial charge in [0, 0.05) is 0 Å². The predicted molar refractivity (Wildman–Crippen MR) is 61.6 cm³/mol. The normalized spacial score (nSPS) is 11.1. The molecule has 19 heavy (non-hydrogen) atoms. The van der Waals surface area contributed by atoms with Gasteiger partial charge in [0.1, 0.15) is 5.82 Å². The van der Waals surface area contributed by atoms with E-state index in [9.17, 15) is 17.6 Å². The van der Waals surface area contributed by atoms with Gasteiger partial charge in [-0.05, 0) is 35.4 Å². The Morgan fingerprint density at radius 1 is 0.947 bits per heavy atom. The van der Waals surface area contributed by atoms with Crippen molar-refractivity contribution in [3.8, 4) is 17.2 Å². The number of hydrogen-bond donors (Lipinski definition) is 0. The van der Waals surface area contributed by atoms with Crippen LogP contribution in [-0.4, -0.2) is 0 Å². The van der Waals surface area contributed by atoms with Gasteiger partial charge in [-0.15, -0.1) is 0 Å². The van der Waals surface area contributed by atoms with E-state index < -0.39 is 17.6 Å². The molecular weight excluding hydrogens is 258 g/mol. The first-order valence-electron chi connectivity index (χ1n) is 5.29.